The quantitative estimate of drug-likeness (QED) is 0.717. The van der Waals surface area contributed by atoms with Gasteiger partial charge in [-0.1, -0.05) is 0 Å². The Morgan fingerprint density at radius 3 is 2.70 bits per heavy atom. The van der Waals surface area contributed by atoms with Crippen LogP contribution in [-0.4, -0.2) is 21.8 Å². The lowest BCUT2D eigenvalue weighted by molar-refractivity contribution is 0.0879. The third kappa shape index (κ3) is 1.99. The first-order chi connectivity index (χ1) is 9.56. The summed E-state index contributed by atoms with van der Waals surface area (Å²) in [5.41, 5.74) is 6.97. The SMILES string of the molecule is Nc1ncnc(Nc2ccc3c(c2)C(=O)NC3=O)c1Br. The Kier molecular flexibility index (Phi) is 2.87. The van der Waals surface area contributed by atoms with Crippen LogP contribution in [0.5, 0.6) is 0 Å². The Bertz CT molecular complexity index is 747. The molecule has 0 radical (unpaired) electrons. The van der Waals surface area contributed by atoms with Gasteiger partial charge in [-0.3, -0.25) is 14.9 Å². The number of anilines is 3. The molecule has 0 saturated carbocycles. The molecule has 1 aliphatic heterocycles. The largest absolute Gasteiger partial charge is 0.383 e. The van der Waals surface area contributed by atoms with Crippen LogP contribution in [0.4, 0.5) is 17.3 Å². The zero-order valence-electron chi connectivity index (χ0n) is 9.98. The van der Waals surface area contributed by atoms with Gasteiger partial charge in [-0.2, -0.15) is 0 Å². The van der Waals surface area contributed by atoms with E-state index in [1.165, 1.54) is 6.33 Å². The standard InChI is InChI=1S/C12H8BrN5O2/c13-8-9(14)15-4-16-10(8)17-5-1-2-6-7(3-5)12(20)18-11(6)19/h1-4H,(H,18,19,20)(H3,14,15,16,17). The fraction of sp³-hybridized carbons (Fsp3) is 0. The summed E-state index contributed by atoms with van der Waals surface area (Å²) in [5, 5.41) is 5.24. The number of hydrogen-bond donors (Lipinski definition) is 3. The first-order valence-electron chi connectivity index (χ1n) is 5.59. The van der Waals surface area contributed by atoms with Crippen LogP contribution < -0.4 is 16.4 Å². The van der Waals surface area contributed by atoms with Crippen LogP contribution in [0.25, 0.3) is 0 Å². The average molecular weight is 334 g/mol. The number of nitrogens with zero attached hydrogens (tertiary/aromatic N) is 2. The lowest BCUT2D eigenvalue weighted by Gasteiger charge is -2.08. The number of carbonyl (C=O) groups excluding carboxylic acids is 2. The van der Waals surface area contributed by atoms with E-state index in [-0.39, 0.29) is 5.91 Å². The maximum atomic E-state index is 11.6. The normalized spacial score (nSPS) is 13.1. The van der Waals surface area contributed by atoms with Crippen molar-refractivity contribution in [2.24, 2.45) is 0 Å². The highest BCUT2D eigenvalue weighted by Gasteiger charge is 2.26. The van der Waals surface area contributed by atoms with Crippen molar-refractivity contribution in [1.29, 1.82) is 0 Å². The molecule has 3 rings (SSSR count). The van der Waals surface area contributed by atoms with Crippen LogP contribution in [0, 0.1) is 0 Å². The summed E-state index contributed by atoms with van der Waals surface area (Å²) in [4.78, 5) is 30.9. The average Bonchev–Trinajstić information content (AvgIpc) is 2.70. The van der Waals surface area contributed by atoms with Gasteiger partial charge in [-0.15, -0.1) is 0 Å². The van der Waals surface area contributed by atoms with Gasteiger partial charge in [0.1, 0.15) is 22.4 Å². The molecule has 8 heteroatoms. The fourth-order valence-electron chi connectivity index (χ4n) is 1.85. The molecule has 1 aliphatic rings. The summed E-state index contributed by atoms with van der Waals surface area (Å²) in [5.74, 6) is -0.0160. The van der Waals surface area contributed by atoms with E-state index in [4.69, 9.17) is 5.73 Å². The van der Waals surface area contributed by atoms with Crippen LogP contribution in [0.15, 0.2) is 29.0 Å². The predicted octanol–water partition coefficient (Wildman–Crippen LogP) is 1.45. The van der Waals surface area contributed by atoms with Gasteiger partial charge in [0.15, 0.2) is 0 Å². The van der Waals surface area contributed by atoms with E-state index >= 15 is 0 Å². The number of nitrogen functional groups attached to an aromatic ring is 1. The van der Waals surface area contributed by atoms with Gasteiger partial charge < -0.3 is 11.1 Å². The zero-order chi connectivity index (χ0) is 14.3. The molecule has 2 amide bonds. The molecule has 0 aliphatic carbocycles. The second-order valence-corrected chi connectivity index (χ2v) is 4.88. The number of nitrogens with one attached hydrogen (secondary N) is 2. The van der Waals surface area contributed by atoms with Gasteiger partial charge in [0.25, 0.3) is 11.8 Å². The van der Waals surface area contributed by atoms with E-state index in [1.807, 2.05) is 0 Å². The molecular weight excluding hydrogens is 326 g/mol. The number of amides is 2. The fourth-order valence-corrected chi connectivity index (χ4v) is 2.16. The molecular formula is C12H8BrN5O2. The van der Waals surface area contributed by atoms with Gasteiger partial charge in [0.2, 0.25) is 0 Å². The molecule has 0 fully saturated rings. The number of hydrogen-bond acceptors (Lipinski definition) is 6. The Labute approximate surface area is 121 Å². The Hall–Kier alpha value is -2.48. The van der Waals surface area contributed by atoms with E-state index in [1.54, 1.807) is 18.2 Å². The highest BCUT2D eigenvalue weighted by Crippen LogP contribution is 2.28. The summed E-state index contributed by atoms with van der Waals surface area (Å²) in [6.07, 6.45) is 1.33. The monoisotopic (exact) mass is 333 g/mol. The number of halogens is 1. The van der Waals surface area contributed by atoms with Crippen LogP contribution in [-0.2, 0) is 0 Å². The van der Waals surface area contributed by atoms with Crippen molar-refractivity contribution in [1.82, 2.24) is 15.3 Å². The van der Waals surface area contributed by atoms with Crippen molar-refractivity contribution in [3.63, 3.8) is 0 Å². The number of fused-ring (bicyclic) bond motifs is 1. The molecule has 0 spiro atoms. The Balaban J connectivity index is 1.97. The first kappa shape index (κ1) is 12.5. The van der Waals surface area contributed by atoms with Gasteiger partial charge in [0.05, 0.1) is 11.1 Å². The summed E-state index contributed by atoms with van der Waals surface area (Å²) in [6, 6.07) is 4.85. The highest BCUT2D eigenvalue weighted by molar-refractivity contribution is 9.10. The minimum Gasteiger partial charge on any atom is -0.383 e. The van der Waals surface area contributed by atoms with Crippen LogP contribution in [0.2, 0.25) is 0 Å². The molecule has 0 atom stereocenters. The molecule has 100 valence electrons. The third-order valence-corrected chi connectivity index (χ3v) is 3.60. The van der Waals surface area contributed by atoms with Gasteiger partial charge in [-0.25, -0.2) is 9.97 Å². The van der Waals surface area contributed by atoms with Crippen molar-refractivity contribution >= 4 is 45.1 Å². The van der Waals surface area contributed by atoms with Crippen molar-refractivity contribution in [2.75, 3.05) is 11.1 Å². The zero-order valence-corrected chi connectivity index (χ0v) is 11.6. The first-order valence-corrected chi connectivity index (χ1v) is 6.38. The van der Waals surface area contributed by atoms with Crippen molar-refractivity contribution < 1.29 is 9.59 Å². The lowest BCUT2D eigenvalue weighted by atomic mass is 10.1. The van der Waals surface area contributed by atoms with Crippen molar-refractivity contribution in [3.05, 3.63) is 40.1 Å². The number of nitrogens with two attached hydrogens (primary N) is 1. The molecule has 20 heavy (non-hydrogen) atoms. The molecule has 7 nitrogen and oxygen atoms in total. The summed E-state index contributed by atoms with van der Waals surface area (Å²) in [7, 11) is 0. The number of rotatable bonds is 2. The summed E-state index contributed by atoms with van der Waals surface area (Å²) < 4.78 is 0.529. The van der Waals surface area contributed by atoms with Crippen LogP contribution in [0.1, 0.15) is 20.7 Å². The molecule has 0 unspecified atom stereocenters. The van der Waals surface area contributed by atoms with E-state index in [0.29, 0.717) is 32.9 Å². The van der Waals surface area contributed by atoms with Crippen molar-refractivity contribution in [3.8, 4) is 0 Å². The van der Waals surface area contributed by atoms with E-state index in [0.717, 1.165) is 0 Å². The molecule has 1 aromatic heterocycles. The minimum atomic E-state index is -0.407. The molecule has 4 N–H and O–H groups in total. The Morgan fingerprint density at radius 2 is 1.90 bits per heavy atom. The van der Waals surface area contributed by atoms with Crippen molar-refractivity contribution in [2.45, 2.75) is 0 Å². The maximum absolute atomic E-state index is 11.6. The number of imide groups is 1. The number of carbonyl (C=O) groups is 2. The second-order valence-electron chi connectivity index (χ2n) is 4.09. The third-order valence-electron chi connectivity index (χ3n) is 2.82. The lowest BCUT2D eigenvalue weighted by Crippen LogP contribution is -2.19. The number of aromatic nitrogens is 2. The Morgan fingerprint density at radius 1 is 1.15 bits per heavy atom. The van der Waals surface area contributed by atoms with Crippen LogP contribution in [0.3, 0.4) is 0 Å². The van der Waals surface area contributed by atoms with Gasteiger partial charge in [-0.05, 0) is 34.1 Å². The smallest absolute Gasteiger partial charge is 0.259 e. The van der Waals surface area contributed by atoms with Gasteiger partial charge in [0, 0.05) is 5.69 Å². The molecule has 2 aromatic rings. The molecule has 2 heterocycles. The predicted molar refractivity (Wildman–Crippen MR) is 75.7 cm³/mol. The van der Waals surface area contributed by atoms with E-state index in [2.05, 4.69) is 36.5 Å². The van der Waals surface area contributed by atoms with E-state index < -0.39 is 5.91 Å². The topological polar surface area (TPSA) is 110 Å². The molecule has 0 saturated heterocycles. The van der Waals surface area contributed by atoms with Crippen LogP contribution >= 0.6 is 15.9 Å². The summed E-state index contributed by atoms with van der Waals surface area (Å²) in [6.45, 7) is 0. The minimum absolute atomic E-state index is 0.302. The summed E-state index contributed by atoms with van der Waals surface area (Å²) >= 11 is 3.28. The van der Waals surface area contributed by atoms with E-state index in [9.17, 15) is 9.59 Å². The van der Waals surface area contributed by atoms with Gasteiger partial charge >= 0.3 is 0 Å². The number of benzene rings is 1. The highest BCUT2D eigenvalue weighted by atomic mass is 79.9. The molecule has 0 bridgehead atoms. The molecule has 1 aromatic carbocycles. The maximum Gasteiger partial charge on any atom is 0.259 e. The second kappa shape index (κ2) is 4.57.